The third kappa shape index (κ3) is 3.90. The molecule has 0 unspecified atom stereocenters. The molecule has 0 aliphatic rings. The standard InChI is InChI=1S/C21H18N8O2/c1-14-20(30)29(18-10-6-5-9-17(18)22-14)12-16-11-28(27-24-16)13-19-25-26-21(31-19)23-15-7-3-2-4-8-15/h2-11H,12-13H2,1H3,(H,23,26). The van der Waals surface area contributed by atoms with E-state index in [9.17, 15) is 4.79 Å². The van der Waals surface area contributed by atoms with Crippen LogP contribution in [0.1, 0.15) is 17.3 Å². The Balaban J connectivity index is 1.33. The van der Waals surface area contributed by atoms with Crippen molar-refractivity contribution in [3.05, 3.63) is 88.4 Å². The van der Waals surface area contributed by atoms with Gasteiger partial charge in [0.05, 0.1) is 23.8 Å². The van der Waals surface area contributed by atoms with Gasteiger partial charge in [0.2, 0.25) is 5.89 Å². The van der Waals surface area contributed by atoms with E-state index in [1.165, 1.54) is 0 Å². The number of anilines is 2. The second kappa shape index (κ2) is 7.82. The van der Waals surface area contributed by atoms with Gasteiger partial charge in [-0.05, 0) is 31.2 Å². The summed E-state index contributed by atoms with van der Waals surface area (Å²) in [6, 6.07) is 17.4. The minimum atomic E-state index is -0.151. The molecule has 3 heterocycles. The first-order valence-electron chi connectivity index (χ1n) is 9.65. The monoisotopic (exact) mass is 414 g/mol. The summed E-state index contributed by atoms with van der Waals surface area (Å²) in [6.07, 6.45) is 1.76. The number of para-hydroxylation sites is 3. The van der Waals surface area contributed by atoms with Gasteiger partial charge in [-0.25, -0.2) is 9.67 Å². The summed E-state index contributed by atoms with van der Waals surface area (Å²) in [5, 5.41) is 19.4. The van der Waals surface area contributed by atoms with Crippen molar-refractivity contribution in [2.45, 2.75) is 20.0 Å². The van der Waals surface area contributed by atoms with Crippen molar-refractivity contribution in [3.8, 4) is 0 Å². The molecular formula is C21H18N8O2. The Morgan fingerprint density at radius 2 is 1.77 bits per heavy atom. The van der Waals surface area contributed by atoms with Gasteiger partial charge in [0.25, 0.3) is 5.56 Å². The van der Waals surface area contributed by atoms with E-state index in [0.717, 1.165) is 16.7 Å². The summed E-state index contributed by atoms with van der Waals surface area (Å²) in [4.78, 5) is 17.0. The van der Waals surface area contributed by atoms with Gasteiger partial charge in [-0.3, -0.25) is 9.36 Å². The topological polar surface area (TPSA) is 117 Å². The van der Waals surface area contributed by atoms with E-state index >= 15 is 0 Å². The third-order valence-electron chi connectivity index (χ3n) is 4.71. The van der Waals surface area contributed by atoms with Crippen molar-refractivity contribution in [1.82, 2.24) is 34.7 Å². The molecule has 0 amide bonds. The lowest BCUT2D eigenvalue weighted by Crippen LogP contribution is -2.24. The molecule has 0 aliphatic carbocycles. The van der Waals surface area contributed by atoms with Crippen molar-refractivity contribution >= 4 is 22.7 Å². The predicted molar refractivity (Wildman–Crippen MR) is 113 cm³/mol. The van der Waals surface area contributed by atoms with E-state index in [4.69, 9.17) is 4.42 Å². The molecule has 5 aromatic rings. The lowest BCUT2D eigenvalue weighted by molar-refractivity contribution is 0.471. The predicted octanol–water partition coefficient (Wildman–Crippen LogP) is 2.52. The summed E-state index contributed by atoms with van der Waals surface area (Å²) >= 11 is 0. The quantitative estimate of drug-likeness (QED) is 0.450. The average Bonchev–Trinajstić information content (AvgIpc) is 3.41. The first kappa shape index (κ1) is 18.7. The molecular weight excluding hydrogens is 396 g/mol. The molecule has 31 heavy (non-hydrogen) atoms. The average molecular weight is 414 g/mol. The molecule has 0 saturated heterocycles. The highest BCUT2D eigenvalue weighted by Gasteiger charge is 2.12. The maximum Gasteiger partial charge on any atom is 0.320 e. The van der Waals surface area contributed by atoms with Crippen LogP contribution in [0.5, 0.6) is 0 Å². The Bertz CT molecular complexity index is 1400. The summed E-state index contributed by atoms with van der Waals surface area (Å²) < 4.78 is 8.87. The minimum absolute atomic E-state index is 0.151. The number of benzene rings is 2. The maximum absolute atomic E-state index is 12.6. The van der Waals surface area contributed by atoms with Crippen LogP contribution >= 0.6 is 0 Å². The number of rotatable bonds is 6. The molecule has 0 bridgehead atoms. The first-order valence-corrected chi connectivity index (χ1v) is 9.65. The molecule has 0 fully saturated rings. The number of fused-ring (bicyclic) bond motifs is 1. The number of nitrogens with zero attached hydrogens (tertiary/aromatic N) is 7. The Labute approximate surface area is 176 Å². The maximum atomic E-state index is 12.6. The van der Waals surface area contributed by atoms with E-state index in [2.05, 4.69) is 30.8 Å². The lowest BCUT2D eigenvalue weighted by Gasteiger charge is -2.09. The van der Waals surface area contributed by atoms with Crippen LogP contribution in [0, 0.1) is 6.92 Å². The van der Waals surface area contributed by atoms with Gasteiger partial charge in [0.1, 0.15) is 17.9 Å². The Hall–Kier alpha value is -4.34. The Morgan fingerprint density at radius 3 is 2.65 bits per heavy atom. The lowest BCUT2D eigenvalue weighted by atomic mass is 10.2. The van der Waals surface area contributed by atoms with Gasteiger partial charge < -0.3 is 9.73 Å². The van der Waals surface area contributed by atoms with Gasteiger partial charge in [-0.15, -0.1) is 10.2 Å². The van der Waals surface area contributed by atoms with Gasteiger partial charge in [-0.2, -0.15) is 0 Å². The second-order valence-electron chi connectivity index (χ2n) is 6.98. The van der Waals surface area contributed by atoms with Crippen LogP contribution in [0.4, 0.5) is 11.7 Å². The molecule has 10 heteroatoms. The number of hydrogen-bond donors (Lipinski definition) is 1. The van der Waals surface area contributed by atoms with Gasteiger partial charge in [0.15, 0.2) is 0 Å². The van der Waals surface area contributed by atoms with E-state index in [-0.39, 0.29) is 18.6 Å². The van der Waals surface area contributed by atoms with Crippen molar-refractivity contribution in [3.63, 3.8) is 0 Å². The Morgan fingerprint density at radius 1 is 0.968 bits per heavy atom. The molecule has 1 N–H and O–H groups in total. The zero-order valence-electron chi connectivity index (χ0n) is 16.6. The highest BCUT2D eigenvalue weighted by Crippen LogP contribution is 2.15. The fourth-order valence-electron chi connectivity index (χ4n) is 3.28. The summed E-state index contributed by atoms with van der Waals surface area (Å²) in [5.41, 5.74) is 3.29. The first-order chi connectivity index (χ1) is 15.2. The molecule has 0 saturated carbocycles. The fraction of sp³-hybridized carbons (Fsp3) is 0.143. The minimum Gasteiger partial charge on any atom is -0.406 e. The van der Waals surface area contributed by atoms with E-state index in [1.807, 2.05) is 54.6 Å². The Kier molecular flexibility index (Phi) is 4.71. The number of nitrogens with one attached hydrogen (secondary N) is 1. The van der Waals surface area contributed by atoms with Crippen molar-refractivity contribution in [1.29, 1.82) is 0 Å². The molecule has 5 rings (SSSR count). The molecule has 10 nitrogen and oxygen atoms in total. The van der Waals surface area contributed by atoms with Crippen LogP contribution < -0.4 is 10.9 Å². The van der Waals surface area contributed by atoms with Crippen LogP contribution in [0.25, 0.3) is 11.0 Å². The molecule has 0 radical (unpaired) electrons. The fourth-order valence-corrected chi connectivity index (χ4v) is 3.28. The number of hydrogen-bond acceptors (Lipinski definition) is 8. The van der Waals surface area contributed by atoms with Crippen LogP contribution in [0.15, 0.2) is 70.0 Å². The SMILES string of the molecule is Cc1nc2ccccc2n(Cc2cn(Cc3nnc(Nc4ccccc4)o3)nn2)c1=O. The van der Waals surface area contributed by atoms with Gasteiger partial charge in [-0.1, -0.05) is 40.6 Å². The summed E-state index contributed by atoms with van der Waals surface area (Å²) in [5.74, 6) is 0.386. The smallest absolute Gasteiger partial charge is 0.320 e. The molecule has 3 aromatic heterocycles. The third-order valence-corrected chi connectivity index (χ3v) is 4.71. The molecule has 0 spiro atoms. The van der Waals surface area contributed by atoms with Gasteiger partial charge in [0, 0.05) is 5.69 Å². The van der Waals surface area contributed by atoms with E-state index in [1.54, 1.807) is 22.4 Å². The molecule has 2 aromatic carbocycles. The summed E-state index contributed by atoms with van der Waals surface area (Å²) in [7, 11) is 0. The largest absolute Gasteiger partial charge is 0.406 e. The van der Waals surface area contributed by atoms with Crippen LogP contribution in [0.3, 0.4) is 0 Å². The van der Waals surface area contributed by atoms with Crippen LogP contribution in [0.2, 0.25) is 0 Å². The summed E-state index contributed by atoms with van der Waals surface area (Å²) in [6.45, 7) is 2.26. The number of aryl methyl sites for hydroxylation is 1. The van der Waals surface area contributed by atoms with E-state index in [0.29, 0.717) is 23.3 Å². The zero-order valence-corrected chi connectivity index (χ0v) is 16.6. The normalized spacial score (nSPS) is 11.1. The van der Waals surface area contributed by atoms with Gasteiger partial charge >= 0.3 is 6.01 Å². The van der Waals surface area contributed by atoms with Crippen molar-refractivity contribution < 1.29 is 4.42 Å². The van der Waals surface area contributed by atoms with Crippen LogP contribution in [-0.2, 0) is 13.1 Å². The molecule has 0 aliphatic heterocycles. The van der Waals surface area contributed by atoms with Crippen molar-refractivity contribution in [2.24, 2.45) is 0 Å². The van der Waals surface area contributed by atoms with E-state index < -0.39 is 0 Å². The number of aromatic nitrogens is 7. The molecule has 0 atom stereocenters. The highest BCUT2D eigenvalue weighted by atomic mass is 16.4. The molecule has 154 valence electrons. The van der Waals surface area contributed by atoms with Crippen molar-refractivity contribution in [2.75, 3.05) is 5.32 Å². The highest BCUT2D eigenvalue weighted by molar-refractivity contribution is 5.74. The second-order valence-corrected chi connectivity index (χ2v) is 6.98. The van der Waals surface area contributed by atoms with Crippen LogP contribution in [-0.4, -0.2) is 34.7 Å². The zero-order chi connectivity index (χ0) is 21.2.